The third-order valence-electron chi connectivity index (χ3n) is 4.65. The summed E-state index contributed by atoms with van der Waals surface area (Å²) in [5, 5.41) is 0.278. The molecule has 0 unspecified atom stereocenters. The van der Waals surface area contributed by atoms with Crippen LogP contribution in [-0.2, 0) is 14.3 Å². The van der Waals surface area contributed by atoms with E-state index in [1.54, 1.807) is 37.5 Å². The average Bonchev–Trinajstić information content (AvgIpc) is 3.13. The molecule has 0 fully saturated rings. The maximum absolute atomic E-state index is 13.2. The molecule has 34 heavy (non-hydrogen) atoms. The van der Waals surface area contributed by atoms with E-state index >= 15 is 0 Å². The first kappa shape index (κ1) is 25.2. The molecule has 0 saturated carbocycles. The van der Waals surface area contributed by atoms with E-state index in [2.05, 4.69) is 9.73 Å². The fourth-order valence-electron chi connectivity index (χ4n) is 2.95. The van der Waals surface area contributed by atoms with Gasteiger partial charge in [-0.15, -0.1) is 0 Å². The van der Waals surface area contributed by atoms with Crippen molar-refractivity contribution in [2.45, 2.75) is 26.4 Å². The van der Waals surface area contributed by atoms with Crippen molar-refractivity contribution in [2.75, 3.05) is 24.4 Å². The van der Waals surface area contributed by atoms with Crippen molar-refractivity contribution in [2.24, 2.45) is 4.99 Å². The van der Waals surface area contributed by atoms with Gasteiger partial charge in [0.1, 0.15) is 17.2 Å². The third kappa shape index (κ3) is 6.80. The highest BCUT2D eigenvalue weighted by Crippen LogP contribution is 2.31. The number of ether oxygens (including phenoxy) is 3. The number of nitrogens with zero attached hydrogens (tertiary/aromatic N) is 2. The van der Waals surface area contributed by atoms with Crippen molar-refractivity contribution in [1.29, 1.82) is 0 Å². The van der Waals surface area contributed by atoms with Crippen LogP contribution >= 0.6 is 11.8 Å². The van der Waals surface area contributed by atoms with E-state index in [9.17, 15) is 18.4 Å². The van der Waals surface area contributed by atoms with Crippen LogP contribution in [0.3, 0.4) is 0 Å². The van der Waals surface area contributed by atoms with E-state index in [0.717, 1.165) is 30.2 Å². The number of anilines is 1. The Balaban J connectivity index is 1.83. The molecule has 0 spiro atoms. The molecule has 1 aliphatic heterocycles. The molecular formula is C24H24F2N2O5S. The first-order valence-corrected chi connectivity index (χ1v) is 11.5. The molecule has 3 rings (SSSR count). The van der Waals surface area contributed by atoms with Gasteiger partial charge in [-0.05, 0) is 54.5 Å². The Morgan fingerprint density at radius 2 is 1.79 bits per heavy atom. The van der Waals surface area contributed by atoms with Gasteiger partial charge in [0.2, 0.25) is 0 Å². The van der Waals surface area contributed by atoms with Crippen LogP contribution in [0.2, 0.25) is 0 Å². The number of rotatable bonds is 10. The van der Waals surface area contributed by atoms with Gasteiger partial charge in [0, 0.05) is 0 Å². The molecule has 0 aromatic heterocycles. The standard InChI is InChI=1S/C24H24F2N2O5S/c1-3-4-13-32-21(29)15-34-24-27-20(14-16-5-9-18(31-2)10-6-16)22(30)28(24)17-7-11-19(12-8-17)33-23(25)26/h5-12,14,23H,3-4,13,15H2,1-2H3/b20-14-. The molecular weight excluding hydrogens is 466 g/mol. The second-order valence-corrected chi connectivity index (χ2v) is 8.02. The molecule has 0 radical (unpaired) electrons. The molecule has 10 heteroatoms. The van der Waals surface area contributed by atoms with Crippen LogP contribution in [-0.4, -0.2) is 43.1 Å². The van der Waals surface area contributed by atoms with Crippen molar-refractivity contribution in [3.05, 3.63) is 59.8 Å². The topological polar surface area (TPSA) is 77.4 Å². The monoisotopic (exact) mass is 490 g/mol. The first-order chi connectivity index (χ1) is 16.4. The van der Waals surface area contributed by atoms with Crippen molar-refractivity contribution in [3.8, 4) is 11.5 Å². The van der Waals surface area contributed by atoms with E-state index < -0.39 is 18.5 Å². The van der Waals surface area contributed by atoms with Crippen LogP contribution in [0.25, 0.3) is 6.08 Å². The molecule has 0 aliphatic carbocycles. The van der Waals surface area contributed by atoms with Gasteiger partial charge in [-0.1, -0.05) is 37.2 Å². The quantitative estimate of drug-likeness (QED) is 0.262. The summed E-state index contributed by atoms with van der Waals surface area (Å²) in [5.74, 6) is -0.227. The summed E-state index contributed by atoms with van der Waals surface area (Å²) < 4.78 is 39.6. The SMILES string of the molecule is CCCCOC(=O)CSC1=N/C(=C\c2ccc(OC)cc2)C(=O)N1c1ccc(OC(F)F)cc1. The molecule has 0 N–H and O–H groups in total. The molecule has 2 aromatic rings. The molecule has 7 nitrogen and oxygen atoms in total. The van der Waals surface area contributed by atoms with E-state index in [4.69, 9.17) is 9.47 Å². The Bertz CT molecular complexity index is 1060. The highest BCUT2D eigenvalue weighted by molar-refractivity contribution is 8.14. The maximum atomic E-state index is 13.2. The van der Waals surface area contributed by atoms with E-state index in [1.807, 2.05) is 6.92 Å². The zero-order valence-electron chi connectivity index (χ0n) is 18.7. The van der Waals surface area contributed by atoms with Gasteiger partial charge in [0.05, 0.1) is 25.2 Å². The summed E-state index contributed by atoms with van der Waals surface area (Å²) in [5.41, 5.74) is 1.30. The molecule has 1 heterocycles. The normalized spacial score (nSPS) is 14.5. The Labute approximate surface area is 200 Å². The smallest absolute Gasteiger partial charge is 0.387 e. The lowest BCUT2D eigenvalue weighted by Crippen LogP contribution is -2.31. The highest BCUT2D eigenvalue weighted by Gasteiger charge is 2.32. The second kappa shape index (κ2) is 12.2. The Kier molecular flexibility index (Phi) is 9.03. The largest absolute Gasteiger partial charge is 0.497 e. The zero-order chi connectivity index (χ0) is 24.5. The van der Waals surface area contributed by atoms with Crippen molar-refractivity contribution < 1.29 is 32.6 Å². The number of thioether (sulfide) groups is 1. The van der Waals surface area contributed by atoms with Crippen LogP contribution in [0.1, 0.15) is 25.3 Å². The van der Waals surface area contributed by atoms with E-state index in [0.29, 0.717) is 18.0 Å². The number of hydrogen-bond donors (Lipinski definition) is 0. The minimum atomic E-state index is -2.95. The van der Waals surface area contributed by atoms with Crippen LogP contribution in [0.15, 0.2) is 59.2 Å². The Hall–Kier alpha value is -3.40. The molecule has 1 amide bonds. The molecule has 0 saturated heterocycles. The number of hydrogen-bond acceptors (Lipinski definition) is 7. The average molecular weight is 491 g/mol. The van der Waals surface area contributed by atoms with Crippen LogP contribution in [0.4, 0.5) is 14.5 Å². The first-order valence-electron chi connectivity index (χ1n) is 10.5. The number of halogens is 2. The number of amidine groups is 1. The zero-order valence-corrected chi connectivity index (χ0v) is 19.5. The summed E-state index contributed by atoms with van der Waals surface area (Å²) in [6.07, 6.45) is 3.29. The highest BCUT2D eigenvalue weighted by atomic mass is 32.2. The fourth-order valence-corrected chi connectivity index (χ4v) is 3.76. The molecule has 0 atom stereocenters. The summed E-state index contributed by atoms with van der Waals surface area (Å²) in [6.45, 7) is -0.628. The number of aliphatic imine (C=N–C) groups is 1. The second-order valence-electron chi connectivity index (χ2n) is 7.07. The number of carbonyl (C=O) groups excluding carboxylic acids is 2. The number of esters is 1. The Morgan fingerprint density at radius 3 is 2.41 bits per heavy atom. The minimum absolute atomic E-state index is 0.0330. The minimum Gasteiger partial charge on any atom is -0.497 e. The van der Waals surface area contributed by atoms with Crippen molar-refractivity contribution in [1.82, 2.24) is 0 Å². The van der Waals surface area contributed by atoms with Gasteiger partial charge in [0.25, 0.3) is 5.91 Å². The lowest BCUT2D eigenvalue weighted by atomic mass is 10.2. The van der Waals surface area contributed by atoms with Gasteiger partial charge in [-0.3, -0.25) is 14.5 Å². The molecule has 180 valence electrons. The lowest BCUT2D eigenvalue weighted by Gasteiger charge is -2.18. The van der Waals surface area contributed by atoms with Gasteiger partial charge in [0.15, 0.2) is 5.17 Å². The number of alkyl halides is 2. The van der Waals surface area contributed by atoms with Gasteiger partial charge < -0.3 is 14.2 Å². The predicted octanol–water partition coefficient (Wildman–Crippen LogP) is 5.12. The number of benzene rings is 2. The summed E-state index contributed by atoms with van der Waals surface area (Å²) in [4.78, 5) is 31.0. The fraction of sp³-hybridized carbons (Fsp3) is 0.292. The third-order valence-corrected chi connectivity index (χ3v) is 5.56. The van der Waals surface area contributed by atoms with Gasteiger partial charge in [-0.25, -0.2) is 4.99 Å². The number of unbranched alkanes of at least 4 members (excludes halogenated alkanes) is 1. The van der Waals surface area contributed by atoms with Gasteiger partial charge in [-0.2, -0.15) is 8.78 Å². The lowest BCUT2D eigenvalue weighted by molar-refractivity contribution is -0.140. The molecule has 2 aromatic carbocycles. The van der Waals surface area contributed by atoms with Crippen molar-refractivity contribution in [3.63, 3.8) is 0 Å². The van der Waals surface area contributed by atoms with E-state index in [-0.39, 0.29) is 22.4 Å². The number of methoxy groups -OCH3 is 1. The van der Waals surface area contributed by atoms with Crippen LogP contribution in [0.5, 0.6) is 11.5 Å². The molecule has 0 bridgehead atoms. The number of carbonyl (C=O) groups is 2. The summed E-state index contributed by atoms with van der Waals surface area (Å²) in [6, 6.07) is 12.7. The van der Waals surface area contributed by atoms with Crippen molar-refractivity contribution >= 4 is 40.6 Å². The van der Waals surface area contributed by atoms with Crippen LogP contribution in [0, 0.1) is 0 Å². The summed E-state index contributed by atoms with van der Waals surface area (Å²) >= 11 is 1.06. The maximum Gasteiger partial charge on any atom is 0.387 e. The Morgan fingerprint density at radius 1 is 1.12 bits per heavy atom. The van der Waals surface area contributed by atoms with E-state index in [1.165, 1.54) is 29.2 Å². The summed E-state index contributed by atoms with van der Waals surface area (Å²) in [7, 11) is 1.56. The molecule has 1 aliphatic rings. The number of amides is 1. The predicted molar refractivity (Wildman–Crippen MR) is 127 cm³/mol. The van der Waals surface area contributed by atoms with Gasteiger partial charge >= 0.3 is 12.6 Å². The van der Waals surface area contributed by atoms with Crippen LogP contribution < -0.4 is 14.4 Å².